The molecule has 126 valence electrons. The van der Waals surface area contributed by atoms with Gasteiger partial charge in [-0.25, -0.2) is 0 Å². The largest absolute Gasteiger partial charge is 0.338 e. The summed E-state index contributed by atoms with van der Waals surface area (Å²) in [4.78, 5) is 26.3. The number of hydrogen-bond acceptors (Lipinski definition) is 4. The van der Waals surface area contributed by atoms with Gasteiger partial charge >= 0.3 is 0 Å². The average Bonchev–Trinajstić information content (AvgIpc) is 3.15. The standard InChI is InChI=1S/C17H18ClN3O3/c1-10(2)13-9-15(24-20-13)19-17(23)14-7-8-16(22)21(14)12-5-3-11(18)4-6-12/h3-6,9-10,14H,7-8H2,1-2H3,(H,19,23)/t14-/m0/s1. The van der Waals surface area contributed by atoms with Crippen molar-refractivity contribution in [3.63, 3.8) is 0 Å². The highest BCUT2D eigenvalue weighted by atomic mass is 35.5. The molecule has 3 rings (SSSR count). The molecule has 0 aliphatic carbocycles. The molecule has 1 fully saturated rings. The maximum Gasteiger partial charge on any atom is 0.249 e. The number of carbonyl (C=O) groups excluding carboxylic acids is 2. The molecule has 1 aliphatic rings. The number of hydrogen-bond donors (Lipinski definition) is 1. The van der Waals surface area contributed by atoms with Gasteiger partial charge in [0.1, 0.15) is 6.04 Å². The maximum atomic E-state index is 12.6. The second-order valence-corrected chi connectivity index (χ2v) is 6.49. The van der Waals surface area contributed by atoms with E-state index in [2.05, 4.69) is 10.5 Å². The number of nitrogens with one attached hydrogen (secondary N) is 1. The van der Waals surface area contributed by atoms with Crippen molar-refractivity contribution in [2.24, 2.45) is 0 Å². The molecule has 2 amide bonds. The zero-order valence-corrected chi connectivity index (χ0v) is 14.2. The topological polar surface area (TPSA) is 75.4 Å². The summed E-state index contributed by atoms with van der Waals surface area (Å²) in [5.41, 5.74) is 1.42. The van der Waals surface area contributed by atoms with Crippen molar-refractivity contribution < 1.29 is 14.1 Å². The first kappa shape index (κ1) is 16.5. The molecule has 0 radical (unpaired) electrons. The first-order valence-electron chi connectivity index (χ1n) is 7.81. The Kier molecular flexibility index (Phi) is 4.57. The van der Waals surface area contributed by atoms with Crippen LogP contribution in [0.1, 0.15) is 38.3 Å². The SMILES string of the molecule is CC(C)c1cc(NC(=O)[C@@H]2CCC(=O)N2c2ccc(Cl)cc2)on1. The van der Waals surface area contributed by atoms with Gasteiger partial charge in [0.05, 0.1) is 5.69 Å². The number of aromatic nitrogens is 1. The van der Waals surface area contributed by atoms with E-state index in [9.17, 15) is 9.59 Å². The molecule has 1 aromatic heterocycles. The van der Waals surface area contributed by atoms with E-state index in [1.165, 1.54) is 4.90 Å². The number of nitrogens with zero attached hydrogens (tertiary/aromatic N) is 2. The third-order valence-corrected chi connectivity index (χ3v) is 4.24. The fourth-order valence-electron chi connectivity index (χ4n) is 2.68. The monoisotopic (exact) mass is 347 g/mol. The Labute approximate surface area is 144 Å². The van der Waals surface area contributed by atoms with E-state index in [4.69, 9.17) is 16.1 Å². The summed E-state index contributed by atoms with van der Waals surface area (Å²) < 4.78 is 5.14. The Morgan fingerprint density at radius 1 is 1.38 bits per heavy atom. The lowest BCUT2D eigenvalue weighted by molar-refractivity contribution is -0.120. The van der Waals surface area contributed by atoms with Gasteiger partial charge < -0.3 is 4.52 Å². The minimum absolute atomic E-state index is 0.0853. The van der Waals surface area contributed by atoms with Crippen molar-refractivity contribution in [1.29, 1.82) is 0 Å². The smallest absolute Gasteiger partial charge is 0.249 e. The summed E-state index contributed by atoms with van der Waals surface area (Å²) in [6.45, 7) is 3.97. The number of carbonyl (C=O) groups is 2. The number of amides is 2. The van der Waals surface area contributed by atoms with Crippen LogP contribution < -0.4 is 10.2 Å². The van der Waals surface area contributed by atoms with Gasteiger partial charge in [-0.15, -0.1) is 0 Å². The molecule has 2 aromatic rings. The Hall–Kier alpha value is -2.34. The normalized spacial score (nSPS) is 17.6. The van der Waals surface area contributed by atoms with Crippen molar-refractivity contribution in [1.82, 2.24) is 5.16 Å². The molecule has 7 heteroatoms. The van der Waals surface area contributed by atoms with Crippen LogP contribution in [0.2, 0.25) is 5.02 Å². The number of anilines is 2. The van der Waals surface area contributed by atoms with Crippen molar-refractivity contribution in [3.05, 3.63) is 41.0 Å². The lowest BCUT2D eigenvalue weighted by Gasteiger charge is -2.23. The highest BCUT2D eigenvalue weighted by Gasteiger charge is 2.37. The molecule has 1 aromatic carbocycles. The summed E-state index contributed by atoms with van der Waals surface area (Å²) in [6, 6.07) is 7.98. The van der Waals surface area contributed by atoms with Crippen molar-refractivity contribution in [2.75, 3.05) is 10.2 Å². The zero-order valence-electron chi connectivity index (χ0n) is 13.5. The van der Waals surface area contributed by atoms with E-state index >= 15 is 0 Å². The van der Waals surface area contributed by atoms with Gasteiger partial charge in [0.25, 0.3) is 0 Å². The third-order valence-electron chi connectivity index (χ3n) is 3.99. The van der Waals surface area contributed by atoms with Gasteiger partial charge in [-0.05, 0) is 36.6 Å². The minimum atomic E-state index is -0.578. The molecule has 0 bridgehead atoms. The van der Waals surface area contributed by atoms with Gasteiger partial charge in [-0.3, -0.25) is 19.8 Å². The summed E-state index contributed by atoms with van der Waals surface area (Å²) in [6.07, 6.45) is 0.785. The molecule has 1 aliphatic heterocycles. The molecule has 0 spiro atoms. The Morgan fingerprint density at radius 3 is 2.71 bits per heavy atom. The molecule has 1 N–H and O–H groups in total. The van der Waals surface area contributed by atoms with Gasteiger partial charge in [0.15, 0.2) is 0 Å². The van der Waals surface area contributed by atoms with E-state index in [-0.39, 0.29) is 17.7 Å². The fraction of sp³-hybridized carbons (Fsp3) is 0.353. The van der Waals surface area contributed by atoms with Crippen LogP contribution >= 0.6 is 11.6 Å². The average molecular weight is 348 g/mol. The Bertz CT molecular complexity index is 755. The number of rotatable bonds is 4. The summed E-state index contributed by atoms with van der Waals surface area (Å²) in [7, 11) is 0. The van der Waals surface area contributed by atoms with E-state index in [0.717, 1.165) is 5.69 Å². The van der Waals surface area contributed by atoms with Crippen LogP contribution in [-0.2, 0) is 9.59 Å². The first-order chi connectivity index (χ1) is 11.5. The molecule has 2 heterocycles. The first-order valence-corrected chi connectivity index (χ1v) is 8.18. The van der Waals surface area contributed by atoms with E-state index in [1.807, 2.05) is 13.8 Å². The summed E-state index contributed by atoms with van der Waals surface area (Å²) in [5.74, 6) is 0.122. The Balaban J connectivity index is 1.77. The second-order valence-electron chi connectivity index (χ2n) is 6.05. The summed E-state index contributed by atoms with van der Waals surface area (Å²) >= 11 is 5.89. The lowest BCUT2D eigenvalue weighted by Crippen LogP contribution is -2.41. The molecule has 6 nitrogen and oxygen atoms in total. The zero-order chi connectivity index (χ0) is 17.3. The third kappa shape index (κ3) is 3.28. The predicted molar refractivity (Wildman–Crippen MR) is 91.2 cm³/mol. The van der Waals surface area contributed by atoms with Gasteiger partial charge in [0, 0.05) is 23.2 Å². The Morgan fingerprint density at radius 2 is 2.08 bits per heavy atom. The molecule has 24 heavy (non-hydrogen) atoms. The van der Waals surface area contributed by atoms with Crippen LogP contribution in [0.15, 0.2) is 34.9 Å². The molecule has 1 saturated heterocycles. The number of benzene rings is 1. The maximum absolute atomic E-state index is 12.6. The van der Waals surface area contributed by atoms with Gasteiger partial charge in [0.2, 0.25) is 17.7 Å². The van der Waals surface area contributed by atoms with Gasteiger partial charge in [-0.1, -0.05) is 30.6 Å². The predicted octanol–water partition coefficient (Wildman–Crippen LogP) is 3.59. The van der Waals surface area contributed by atoms with Crippen molar-refractivity contribution >= 4 is 35.0 Å². The van der Waals surface area contributed by atoms with Gasteiger partial charge in [-0.2, -0.15) is 0 Å². The quantitative estimate of drug-likeness (QED) is 0.917. The summed E-state index contributed by atoms with van der Waals surface area (Å²) in [5, 5.41) is 7.19. The molecule has 0 saturated carbocycles. The molecular weight excluding hydrogens is 330 g/mol. The highest BCUT2D eigenvalue weighted by molar-refractivity contribution is 6.30. The van der Waals surface area contributed by atoms with Crippen LogP contribution in [0.4, 0.5) is 11.6 Å². The second kappa shape index (κ2) is 6.65. The molecule has 0 unspecified atom stereocenters. The van der Waals surface area contributed by atoms with Crippen LogP contribution in [0.3, 0.4) is 0 Å². The molecule has 1 atom stereocenters. The van der Waals surface area contributed by atoms with Crippen LogP contribution in [0.5, 0.6) is 0 Å². The lowest BCUT2D eigenvalue weighted by atomic mass is 10.1. The highest BCUT2D eigenvalue weighted by Crippen LogP contribution is 2.29. The van der Waals surface area contributed by atoms with E-state index in [0.29, 0.717) is 29.4 Å². The van der Waals surface area contributed by atoms with Crippen LogP contribution in [0.25, 0.3) is 0 Å². The number of halogens is 1. The molecular formula is C17H18ClN3O3. The van der Waals surface area contributed by atoms with E-state index in [1.54, 1.807) is 30.3 Å². The fourth-order valence-corrected chi connectivity index (χ4v) is 2.81. The van der Waals surface area contributed by atoms with Crippen molar-refractivity contribution in [3.8, 4) is 0 Å². The minimum Gasteiger partial charge on any atom is -0.338 e. The van der Waals surface area contributed by atoms with Crippen molar-refractivity contribution in [2.45, 2.75) is 38.6 Å². The van der Waals surface area contributed by atoms with Crippen LogP contribution in [-0.4, -0.2) is 23.0 Å². The van der Waals surface area contributed by atoms with E-state index < -0.39 is 6.04 Å². The van der Waals surface area contributed by atoms with Crippen LogP contribution in [0, 0.1) is 0 Å².